The molecule has 23 heavy (non-hydrogen) atoms. The van der Waals surface area contributed by atoms with E-state index in [-0.39, 0.29) is 10.9 Å². The lowest BCUT2D eigenvalue weighted by Crippen LogP contribution is -2.47. The molecule has 1 aromatic rings. The van der Waals surface area contributed by atoms with Crippen LogP contribution in [-0.4, -0.2) is 61.3 Å². The van der Waals surface area contributed by atoms with E-state index in [0.717, 1.165) is 37.6 Å². The van der Waals surface area contributed by atoms with Crippen molar-refractivity contribution in [1.82, 2.24) is 9.21 Å². The van der Waals surface area contributed by atoms with Crippen LogP contribution < -0.4 is 0 Å². The van der Waals surface area contributed by atoms with Crippen molar-refractivity contribution in [3.8, 4) is 0 Å². The molecule has 1 unspecified atom stereocenters. The van der Waals surface area contributed by atoms with Gasteiger partial charge in [-0.25, -0.2) is 12.8 Å². The van der Waals surface area contributed by atoms with Gasteiger partial charge in [-0.2, -0.15) is 16.1 Å². The van der Waals surface area contributed by atoms with Gasteiger partial charge in [0.05, 0.1) is 4.90 Å². The SMILES string of the molecule is O=S(=O)(c1ccc(F)cc1)N1CCCSCC1CN1CCCC1. The average Bonchev–Trinajstić information content (AvgIpc) is 2.92. The number of rotatable bonds is 4. The molecule has 0 N–H and O–H groups in total. The van der Waals surface area contributed by atoms with Gasteiger partial charge in [-0.15, -0.1) is 0 Å². The Morgan fingerprint density at radius 2 is 1.78 bits per heavy atom. The van der Waals surface area contributed by atoms with Crippen LogP contribution in [0.1, 0.15) is 19.3 Å². The largest absolute Gasteiger partial charge is 0.302 e. The number of thioether (sulfide) groups is 1. The highest BCUT2D eigenvalue weighted by atomic mass is 32.2. The summed E-state index contributed by atoms with van der Waals surface area (Å²) in [5.41, 5.74) is 0. The van der Waals surface area contributed by atoms with Gasteiger partial charge in [-0.1, -0.05) is 0 Å². The quantitative estimate of drug-likeness (QED) is 0.829. The van der Waals surface area contributed by atoms with Gasteiger partial charge in [-0.3, -0.25) is 0 Å². The van der Waals surface area contributed by atoms with Crippen molar-refractivity contribution in [1.29, 1.82) is 0 Å². The molecule has 0 aliphatic carbocycles. The molecule has 2 aliphatic rings. The molecule has 0 saturated carbocycles. The fraction of sp³-hybridized carbons (Fsp3) is 0.625. The molecule has 0 radical (unpaired) electrons. The van der Waals surface area contributed by atoms with Crippen LogP contribution in [0.3, 0.4) is 0 Å². The van der Waals surface area contributed by atoms with E-state index in [9.17, 15) is 12.8 Å². The van der Waals surface area contributed by atoms with Crippen molar-refractivity contribution in [2.24, 2.45) is 0 Å². The van der Waals surface area contributed by atoms with Gasteiger partial charge < -0.3 is 4.90 Å². The van der Waals surface area contributed by atoms with Crippen molar-refractivity contribution in [2.75, 3.05) is 37.7 Å². The highest BCUT2D eigenvalue weighted by molar-refractivity contribution is 7.99. The maximum Gasteiger partial charge on any atom is 0.243 e. The van der Waals surface area contributed by atoms with E-state index in [1.807, 2.05) is 11.8 Å². The number of halogens is 1. The summed E-state index contributed by atoms with van der Waals surface area (Å²) >= 11 is 1.83. The molecule has 2 aliphatic heterocycles. The number of likely N-dealkylation sites (tertiary alicyclic amines) is 1. The number of sulfonamides is 1. The maximum atomic E-state index is 13.1. The second-order valence-corrected chi connectivity index (χ2v) is 9.20. The van der Waals surface area contributed by atoms with Crippen LogP contribution >= 0.6 is 11.8 Å². The molecular weight excluding hydrogens is 335 g/mol. The predicted octanol–water partition coefficient (Wildman–Crippen LogP) is 2.42. The molecule has 1 atom stereocenters. The monoisotopic (exact) mass is 358 g/mol. The predicted molar refractivity (Wildman–Crippen MR) is 91.7 cm³/mol. The van der Waals surface area contributed by atoms with Crippen LogP contribution in [0, 0.1) is 5.82 Å². The van der Waals surface area contributed by atoms with Gasteiger partial charge in [0.25, 0.3) is 0 Å². The van der Waals surface area contributed by atoms with Gasteiger partial charge in [0.1, 0.15) is 5.82 Å². The lowest BCUT2D eigenvalue weighted by molar-refractivity contribution is 0.243. The number of nitrogens with zero attached hydrogens (tertiary/aromatic N) is 2. The van der Waals surface area contributed by atoms with E-state index in [2.05, 4.69) is 4.90 Å². The zero-order chi connectivity index (χ0) is 16.3. The zero-order valence-electron chi connectivity index (χ0n) is 13.2. The fourth-order valence-corrected chi connectivity index (χ4v) is 6.08. The van der Waals surface area contributed by atoms with Gasteiger partial charge in [-0.05, 0) is 62.4 Å². The highest BCUT2D eigenvalue weighted by Gasteiger charge is 2.34. The standard InChI is InChI=1S/C16H23FN2O2S2/c17-14-4-6-16(7-5-14)23(20,21)19-10-3-11-22-13-15(19)12-18-8-1-2-9-18/h4-7,15H,1-3,8-13H2. The first-order chi connectivity index (χ1) is 11.1. The number of hydrogen-bond acceptors (Lipinski definition) is 4. The third kappa shape index (κ3) is 4.07. The minimum Gasteiger partial charge on any atom is -0.302 e. The summed E-state index contributed by atoms with van der Waals surface area (Å²) in [6, 6.07) is 5.17. The first kappa shape index (κ1) is 17.2. The first-order valence-corrected chi connectivity index (χ1v) is 10.7. The van der Waals surface area contributed by atoms with Gasteiger partial charge in [0.15, 0.2) is 0 Å². The summed E-state index contributed by atoms with van der Waals surface area (Å²) in [4.78, 5) is 2.56. The third-order valence-electron chi connectivity index (χ3n) is 4.47. The van der Waals surface area contributed by atoms with Gasteiger partial charge in [0, 0.05) is 24.9 Å². The van der Waals surface area contributed by atoms with Gasteiger partial charge in [0.2, 0.25) is 10.0 Å². The molecule has 1 aromatic carbocycles. The molecule has 2 saturated heterocycles. The van der Waals surface area contributed by atoms with E-state index in [1.54, 1.807) is 4.31 Å². The van der Waals surface area contributed by atoms with Crippen LogP contribution in [0.4, 0.5) is 4.39 Å². The summed E-state index contributed by atoms with van der Waals surface area (Å²) in [5, 5.41) is 0. The van der Waals surface area contributed by atoms with Crippen molar-refractivity contribution in [2.45, 2.75) is 30.2 Å². The summed E-state index contributed by atoms with van der Waals surface area (Å²) < 4.78 is 40.8. The topological polar surface area (TPSA) is 40.6 Å². The molecule has 3 rings (SSSR count). The number of hydrogen-bond donors (Lipinski definition) is 0. The molecule has 2 fully saturated rings. The summed E-state index contributed by atoms with van der Waals surface area (Å²) in [7, 11) is -3.57. The molecule has 4 nitrogen and oxygen atoms in total. The Bertz CT molecular complexity index is 615. The summed E-state index contributed by atoms with van der Waals surface area (Å²) in [6.45, 7) is 3.47. The van der Waals surface area contributed by atoms with Crippen LogP contribution in [0.15, 0.2) is 29.2 Å². The molecule has 2 heterocycles. The molecule has 0 bridgehead atoms. The second kappa shape index (κ2) is 7.51. The Morgan fingerprint density at radius 1 is 1.09 bits per heavy atom. The third-order valence-corrected chi connectivity index (χ3v) is 7.64. The Kier molecular flexibility index (Phi) is 5.61. The first-order valence-electron chi connectivity index (χ1n) is 8.15. The number of benzene rings is 1. The normalized spacial score (nSPS) is 24.7. The Balaban J connectivity index is 1.83. The van der Waals surface area contributed by atoms with Crippen molar-refractivity contribution < 1.29 is 12.8 Å². The van der Waals surface area contributed by atoms with Crippen molar-refractivity contribution in [3.63, 3.8) is 0 Å². The Hall–Kier alpha value is -0.630. The maximum absolute atomic E-state index is 13.1. The molecule has 0 spiro atoms. The molecule has 7 heteroatoms. The molecule has 0 aromatic heterocycles. The van der Waals surface area contributed by atoms with Crippen molar-refractivity contribution in [3.05, 3.63) is 30.1 Å². The van der Waals surface area contributed by atoms with E-state index in [0.29, 0.717) is 6.54 Å². The van der Waals surface area contributed by atoms with Crippen LogP contribution in [0.2, 0.25) is 0 Å². The lowest BCUT2D eigenvalue weighted by Gasteiger charge is -2.31. The van der Waals surface area contributed by atoms with E-state index >= 15 is 0 Å². The molecule has 128 valence electrons. The van der Waals surface area contributed by atoms with Crippen LogP contribution in [-0.2, 0) is 10.0 Å². The second-order valence-electron chi connectivity index (χ2n) is 6.16. The minimum absolute atomic E-state index is 0.00402. The molecule has 0 amide bonds. The van der Waals surface area contributed by atoms with E-state index in [1.165, 1.54) is 37.1 Å². The van der Waals surface area contributed by atoms with Crippen LogP contribution in [0.25, 0.3) is 0 Å². The van der Waals surface area contributed by atoms with Gasteiger partial charge >= 0.3 is 0 Å². The summed E-state index contributed by atoms with van der Waals surface area (Å²) in [6.07, 6.45) is 3.26. The van der Waals surface area contributed by atoms with E-state index < -0.39 is 15.8 Å². The summed E-state index contributed by atoms with van der Waals surface area (Å²) in [5.74, 6) is 1.41. The smallest absolute Gasteiger partial charge is 0.243 e. The van der Waals surface area contributed by atoms with Crippen molar-refractivity contribution >= 4 is 21.8 Å². The van der Waals surface area contributed by atoms with Crippen LogP contribution in [0.5, 0.6) is 0 Å². The fourth-order valence-electron chi connectivity index (χ4n) is 3.27. The Morgan fingerprint density at radius 3 is 2.48 bits per heavy atom. The average molecular weight is 359 g/mol. The minimum atomic E-state index is -3.57. The highest BCUT2D eigenvalue weighted by Crippen LogP contribution is 2.25. The van der Waals surface area contributed by atoms with E-state index in [4.69, 9.17) is 0 Å². The molecular formula is C16H23FN2O2S2. The zero-order valence-corrected chi connectivity index (χ0v) is 14.8. The Labute approximate surface area is 142 Å². The lowest BCUT2D eigenvalue weighted by atomic mass is 10.3.